The molecule has 6 nitrogen and oxygen atoms in total. The maximum atomic E-state index is 11.4. The van der Waals surface area contributed by atoms with Crippen LogP contribution >= 0.6 is 0 Å². The minimum Gasteiger partial charge on any atom is -0.506 e. The summed E-state index contributed by atoms with van der Waals surface area (Å²) in [5.41, 5.74) is 0.508. The number of phenols is 1. The average Bonchev–Trinajstić information content (AvgIpc) is 2.31. The van der Waals surface area contributed by atoms with Crippen molar-refractivity contribution in [3.63, 3.8) is 0 Å². The van der Waals surface area contributed by atoms with Crippen LogP contribution in [-0.4, -0.2) is 23.5 Å². The number of phenolic OH excluding ortho intramolecular Hbond substituents is 1. The Bertz CT molecular complexity index is 527. The number of urea groups is 1. The molecule has 6 heteroatoms. The summed E-state index contributed by atoms with van der Waals surface area (Å²) in [6.45, 7) is 4.95. The molecule has 1 atom stereocenters. The summed E-state index contributed by atoms with van der Waals surface area (Å²) in [5.74, 6) is -0.677. The molecule has 1 fully saturated rings. The van der Waals surface area contributed by atoms with Crippen molar-refractivity contribution >= 4 is 17.7 Å². The maximum absolute atomic E-state index is 11.4. The van der Waals surface area contributed by atoms with Gasteiger partial charge >= 0.3 is 12.0 Å². The molecule has 94 valence electrons. The van der Waals surface area contributed by atoms with Crippen LogP contribution in [0.15, 0.2) is 36.4 Å². The molecule has 1 unspecified atom stereocenters. The number of nitrogens with one attached hydrogen (secondary N) is 1. The van der Waals surface area contributed by atoms with E-state index in [9.17, 15) is 14.7 Å². The lowest BCUT2D eigenvalue weighted by Crippen LogP contribution is -2.67. The second-order valence-corrected chi connectivity index (χ2v) is 3.85. The van der Waals surface area contributed by atoms with Crippen LogP contribution in [0.4, 0.5) is 10.5 Å². The SMILES string of the molecule is C=C(C)C(=O)OC1NC(=O)N1c1ccccc1O. The highest BCUT2D eigenvalue weighted by Crippen LogP contribution is 2.31. The van der Waals surface area contributed by atoms with Crippen molar-refractivity contribution < 1.29 is 19.4 Å². The third-order valence-electron chi connectivity index (χ3n) is 2.41. The van der Waals surface area contributed by atoms with E-state index < -0.39 is 18.4 Å². The Balaban J connectivity index is 2.17. The third-order valence-corrected chi connectivity index (χ3v) is 2.41. The first-order valence-electron chi connectivity index (χ1n) is 5.25. The van der Waals surface area contributed by atoms with Gasteiger partial charge in [-0.2, -0.15) is 0 Å². The number of carbonyl (C=O) groups is 2. The fourth-order valence-electron chi connectivity index (χ4n) is 1.47. The zero-order chi connectivity index (χ0) is 13.3. The van der Waals surface area contributed by atoms with Gasteiger partial charge in [-0.3, -0.25) is 5.32 Å². The number of ether oxygens (including phenoxy) is 1. The van der Waals surface area contributed by atoms with Crippen molar-refractivity contribution in [1.29, 1.82) is 0 Å². The van der Waals surface area contributed by atoms with Crippen molar-refractivity contribution in [3.05, 3.63) is 36.4 Å². The number of hydrogen-bond acceptors (Lipinski definition) is 4. The smallest absolute Gasteiger partial charge is 0.336 e. The van der Waals surface area contributed by atoms with Crippen molar-refractivity contribution in [1.82, 2.24) is 5.32 Å². The molecule has 0 aliphatic carbocycles. The summed E-state index contributed by atoms with van der Waals surface area (Å²) in [7, 11) is 0. The van der Waals surface area contributed by atoms with E-state index in [1.807, 2.05) is 0 Å². The van der Waals surface area contributed by atoms with Gasteiger partial charge in [-0.1, -0.05) is 18.7 Å². The standard InChI is InChI=1S/C12H12N2O4/c1-7(2)10(16)18-12-13-11(17)14(12)8-5-3-4-6-9(8)15/h3-6,12,15H,1H2,2H3,(H,13,17). The van der Waals surface area contributed by atoms with Gasteiger partial charge in [0.25, 0.3) is 6.35 Å². The van der Waals surface area contributed by atoms with E-state index in [0.717, 1.165) is 4.90 Å². The molecular formula is C12H12N2O4. The number of anilines is 1. The molecule has 1 aliphatic heterocycles. The molecule has 1 aliphatic rings. The molecule has 2 amide bonds. The zero-order valence-electron chi connectivity index (χ0n) is 9.71. The quantitative estimate of drug-likeness (QED) is 0.624. The molecule has 0 radical (unpaired) electrons. The highest BCUT2D eigenvalue weighted by atomic mass is 16.6. The van der Waals surface area contributed by atoms with E-state index in [1.54, 1.807) is 18.2 Å². The van der Waals surface area contributed by atoms with Crippen molar-refractivity contribution in [2.24, 2.45) is 0 Å². The van der Waals surface area contributed by atoms with Gasteiger partial charge in [0.15, 0.2) is 0 Å². The van der Waals surface area contributed by atoms with Gasteiger partial charge in [0.05, 0.1) is 5.69 Å². The second-order valence-electron chi connectivity index (χ2n) is 3.85. The largest absolute Gasteiger partial charge is 0.506 e. The molecule has 1 heterocycles. The van der Waals surface area contributed by atoms with E-state index >= 15 is 0 Å². The molecule has 1 saturated heterocycles. The van der Waals surface area contributed by atoms with E-state index in [1.165, 1.54) is 13.0 Å². The topological polar surface area (TPSA) is 78.9 Å². The zero-order valence-corrected chi connectivity index (χ0v) is 9.71. The number of amides is 2. The monoisotopic (exact) mass is 248 g/mol. The predicted octanol–water partition coefficient (Wildman–Crippen LogP) is 1.32. The molecule has 0 aromatic heterocycles. The van der Waals surface area contributed by atoms with Crippen LogP contribution in [0.2, 0.25) is 0 Å². The van der Waals surface area contributed by atoms with Crippen LogP contribution in [0, 0.1) is 0 Å². The van der Waals surface area contributed by atoms with Gasteiger partial charge in [-0.25, -0.2) is 14.5 Å². The number of para-hydroxylation sites is 2. The lowest BCUT2D eigenvalue weighted by atomic mass is 10.2. The summed E-state index contributed by atoms with van der Waals surface area (Å²) >= 11 is 0. The molecule has 1 aromatic rings. The molecular weight excluding hydrogens is 236 g/mol. The third kappa shape index (κ3) is 2.00. The van der Waals surface area contributed by atoms with E-state index in [-0.39, 0.29) is 17.0 Å². The molecule has 0 bridgehead atoms. The molecule has 2 rings (SSSR count). The summed E-state index contributed by atoms with van der Waals surface area (Å²) in [6, 6.07) is 5.84. The number of aromatic hydroxyl groups is 1. The van der Waals surface area contributed by atoms with E-state index in [2.05, 4.69) is 11.9 Å². The molecule has 2 N–H and O–H groups in total. The van der Waals surface area contributed by atoms with Crippen molar-refractivity contribution in [2.75, 3.05) is 4.90 Å². The van der Waals surface area contributed by atoms with Crippen molar-refractivity contribution in [3.8, 4) is 5.75 Å². The van der Waals surface area contributed by atoms with Gasteiger partial charge < -0.3 is 9.84 Å². The highest BCUT2D eigenvalue weighted by molar-refractivity contribution is 6.00. The lowest BCUT2D eigenvalue weighted by molar-refractivity contribution is -0.146. The summed E-state index contributed by atoms with van der Waals surface area (Å²) in [4.78, 5) is 23.9. The first kappa shape index (κ1) is 12.0. The summed E-state index contributed by atoms with van der Waals surface area (Å²) < 4.78 is 4.98. The van der Waals surface area contributed by atoms with Crippen LogP contribution in [0.1, 0.15) is 6.92 Å². The fraction of sp³-hybridized carbons (Fsp3) is 0.167. The maximum Gasteiger partial charge on any atom is 0.336 e. The lowest BCUT2D eigenvalue weighted by Gasteiger charge is -2.39. The minimum atomic E-state index is -0.921. The molecule has 0 saturated carbocycles. The van der Waals surface area contributed by atoms with Crippen LogP contribution in [0.3, 0.4) is 0 Å². The molecule has 18 heavy (non-hydrogen) atoms. The van der Waals surface area contributed by atoms with Gasteiger partial charge in [-0.05, 0) is 19.1 Å². The molecule has 1 aromatic carbocycles. The van der Waals surface area contributed by atoms with E-state index in [0.29, 0.717) is 0 Å². The predicted molar refractivity (Wildman–Crippen MR) is 63.8 cm³/mol. The number of nitrogens with zero attached hydrogens (tertiary/aromatic N) is 1. The van der Waals surface area contributed by atoms with Crippen molar-refractivity contribution in [2.45, 2.75) is 13.3 Å². The summed E-state index contributed by atoms with van der Waals surface area (Å²) in [5, 5.41) is 12.0. The van der Waals surface area contributed by atoms with Crippen LogP contribution in [0.25, 0.3) is 0 Å². The van der Waals surface area contributed by atoms with Gasteiger partial charge in [-0.15, -0.1) is 0 Å². The Labute approximate surface area is 103 Å². The Hall–Kier alpha value is -2.50. The Morgan fingerprint density at radius 1 is 1.50 bits per heavy atom. The number of esters is 1. The first-order chi connectivity index (χ1) is 8.50. The fourth-order valence-corrected chi connectivity index (χ4v) is 1.47. The van der Waals surface area contributed by atoms with Gasteiger partial charge in [0, 0.05) is 5.57 Å². The minimum absolute atomic E-state index is 0.0660. The first-order valence-corrected chi connectivity index (χ1v) is 5.25. The average molecular weight is 248 g/mol. The number of rotatable bonds is 3. The number of benzene rings is 1. The number of hydrogen-bond donors (Lipinski definition) is 2. The molecule has 0 spiro atoms. The summed E-state index contributed by atoms with van der Waals surface area (Å²) in [6.07, 6.45) is -0.921. The van der Waals surface area contributed by atoms with Crippen LogP contribution in [-0.2, 0) is 9.53 Å². The highest BCUT2D eigenvalue weighted by Gasteiger charge is 2.40. The number of carbonyl (C=O) groups excluding carboxylic acids is 2. The normalized spacial score (nSPS) is 17.7. The second kappa shape index (κ2) is 4.40. The Kier molecular flexibility index (Phi) is 2.93. The van der Waals surface area contributed by atoms with Crippen LogP contribution in [0.5, 0.6) is 5.75 Å². The van der Waals surface area contributed by atoms with E-state index in [4.69, 9.17) is 4.74 Å². The Morgan fingerprint density at radius 3 is 2.72 bits per heavy atom. The van der Waals surface area contributed by atoms with Crippen LogP contribution < -0.4 is 10.2 Å². The Morgan fingerprint density at radius 2 is 2.17 bits per heavy atom. The van der Waals surface area contributed by atoms with Gasteiger partial charge in [0.1, 0.15) is 5.75 Å². The van der Waals surface area contributed by atoms with Gasteiger partial charge in [0.2, 0.25) is 0 Å².